The molecular weight excluding hydrogens is 403 g/mol. The Labute approximate surface area is 138 Å². The molecule has 0 saturated heterocycles. The molecule has 6 heteroatoms. The van der Waals surface area contributed by atoms with Gasteiger partial charge < -0.3 is 10.6 Å². The van der Waals surface area contributed by atoms with Crippen molar-refractivity contribution in [1.29, 1.82) is 0 Å². The van der Waals surface area contributed by atoms with Crippen LogP contribution in [0.4, 0.5) is 10.1 Å². The van der Waals surface area contributed by atoms with Crippen molar-refractivity contribution in [2.45, 2.75) is 12.6 Å². The van der Waals surface area contributed by atoms with E-state index in [2.05, 4.69) is 31.9 Å². The van der Waals surface area contributed by atoms with Gasteiger partial charge >= 0.3 is 0 Å². The second-order valence-corrected chi connectivity index (χ2v) is 6.61. The normalized spacial score (nSPS) is 17.2. The smallest absolute Gasteiger partial charge is 0.248 e. The zero-order valence-corrected chi connectivity index (χ0v) is 14.0. The van der Waals surface area contributed by atoms with Crippen molar-refractivity contribution in [1.82, 2.24) is 0 Å². The average Bonchev–Trinajstić information content (AvgIpc) is 2.66. The molecule has 1 aliphatic heterocycles. The van der Waals surface area contributed by atoms with Crippen LogP contribution in [0.2, 0.25) is 0 Å². The number of fused-ring (bicyclic) bond motifs is 1. The first kappa shape index (κ1) is 14.7. The standard InChI is InChI=1S/C15H11Br2FN2O/c16-9-2-4-11-13(5-9)20(15(21)14(11)19)7-8-1-3-10(18)6-12(8)17/h1-6,14H,7,19H2. The summed E-state index contributed by atoms with van der Waals surface area (Å²) in [5.74, 6) is -0.474. The van der Waals surface area contributed by atoms with Crippen molar-refractivity contribution in [3.05, 3.63) is 62.3 Å². The van der Waals surface area contributed by atoms with Gasteiger partial charge in [0.05, 0.1) is 12.2 Å². The van der Waals surface area contributed by atoms with Crippen LogP contribution in [0.3, 0.4) is 0 Å². The predicted molar refractivity (Wildman–Crippen MR) is 86.4 cm³/mol. The molecule has 108 valence electrons. The highest BCUT2D eigenvalue weighted by molar-refractivity contribution is 9.10. The van der Waals surface area contributed by atoms with Gasteiger partial charge in [0.25, 0.3) is 0 Å². The minimum Gasteiger partial charge on any atom is -0.316 e. The molecule has 0 spiro atoms. The number of anilines is 1. The molecule has 0 bridgehead atoms. The highest BCUT2D eigenvalue weighted by Gasteiger charge is 2.35. The van der Waals surface area contributed by atoms with Crippen molar-refractivity contribution < 1.29 is 9.18 Å². The molecule has 0 aromatic heterocycles. The molecule has 2 aromatic rings. The molecule has 3 nitrogen and oxygen atoms in total. The molecule has 1 unspecified atom stereocenters. The molecule has 3 rings (SSSR count). The van der Waals surface area contributed by atoms with Gasteiger partial charge in [-0.3, -0.25) is 4.79 Å². The zero-order chi connectivity index (χ0) is 15.1. The lowest BCUT2D eigenvalue weighted by Crippen LogP contribution is -2.31. The number of benzene rings is 2. The zero-order valence-electron chi connectivity index (χ0n) is 10.8. The van der Waals surface area contributed by atoms with Gasteiger partial charge in [-0.25, -0.2) is 4.39 Å². The van der Waals surface area contributed by atoms with E-state index in [4.69, 9.17) is 5.73 Å². The van der Waals surface area contributed by atoms with E-state index in [0.29, 0.717) is 11.0 Å². The number of hydrogen-bond acceptors (Lipinski definition) is 2. The van der Waals surface area contributed by atoms with Crippen LogP contribution in [-0.4, -0.2) is 5.91 Å². The Morgan fingerprint density at radius 3 is 2.67 bits per heavy atom. The number of amides is 1. The summed E-state index contributed by atoms with van der Waals surface area (Å²) in [6.07, 6.45) is 0. The SMILES string of the molecule is NC1C(=O)N(Cc2ccc(F)cc2Br)c2cc(Br)ccc21. The fourth-order valence-electron chi connectivity index (χ4n) is 2.42. The summed E-state index contributed by atoms with van der Waals surface area (Å²) in [5.41, 5.74) is 8.39. The third-order valence-electron chi connectivity index (χ3n) is 3.49. The van der Waals surface area contributed by atoms with Crippen LogP contribution in [0.5, 0.6) is 0 Å². The molecule has 1 amide bonds. The maximum Gasteiger partial charge on any atom is 0.248 e. The van der Waals surface area contributed by atoms with Crippen LogP contribution < -0.4 is 10.6 Å². The summed E-state index contributed by atoms with van der Waals surface area (Å²) < 4.78 is 14.7. The van der Waals surface area contributed by atoms with Crippen molar-refractivity contribution in [2.75, 3.05) is 4.90 Å². The van der Waals surface area contributed by atoms with Gasteiger partial charge in [0, 0.05) is 14.5 Å². The van der Waals surface area contributed by atoms with Crippen molar-refractivity contribution in [2.24, 2.45) is 5.73 Å². The molecule has 1 aliphatic rings. The number of halogens is 3. The summed E-state index contributed by atoms with van der Waals surface area (Å²) in [6, 6.07) is 9.36. The fourth-order valence-corrected chi connectivity index (χ4v) is 3.24. The molecule has 1 heterocycles. The Hall–Kier alpha value is -1.24. The summed E-state index contributed by atoms with van der Waals surface area (Å²) in [5, 5.41) is 0. The highest BCUT2D eigenvalue weighted by Crippen LogP contribution is 2.38. The van der Waals surface area contributed by atoms with Crippen LogP contribution in [0.25, 0.3) is 0 Å². The van der Waals surface area contributed by atoms with Crippen molar-refractivity contribution in [3.8, 4) is 0 Å². The Kier molecular flexibility index (Phi) is 3.86. The third kappa shape index (κ3) is 2.63. The van der Waals surface area contributed by atoms with Gasteiger partial charge in [-0.15, -0.1) is 0 Å². The molecule has 0 radical (unpaired) electrons. The van der Waals surface area contributed by atoms with Gasteiger partial charge in [-0.2, -0.15) is 0 Å². The number of rotatable bonds is 2. The first-order valence-electron chi connectivity index (χ1n) is 6.27. The van der Waals surface area contributed by atoms with E-state index in [1.54, 1.807) is 11.0 Å². The second kappa shape index (κ2) is 5.51. The van der Waals surface area contributed by atoms with Gasteiger partial charge in [-0.05, 0) is 29.8 Å². The molecule has 21 heavy (non-hydrogen) atoms. The number of hydrogen-bond donors (Lipinski definition) is 1. The summed E-state index contributed by atoms with van der Waals surface area (Å²) >= 11 is 6.73. The van der Waals surface area contributed by atoms with E-state index in [-0.39, 0.29) is 11.7 Å². The van der Waals surface area contributed by atoms with Crippen molar-refractivity contribution >= 4 is 43.5 Å². The minimum atomic E-state index is -0.646. The van der Waals surface area contributed by atoms with Crippen LogP contribution in [-0.2, 0) is 11.3 Å². The molecule has 0 saturated carbocycles. The minimum absolute atomic E-state index is 0.153. The molecule has 2 N–H and O–H groups in total. The number of carbonyl (C=O) groups excluding carboxylic acids is 1. The summed E-state index contributed by atoms with van der Waals surface area (Å²) in [6.45, 7) is 0.344. The number of carbonyl (C=O) groups is 1. The van der Waals surface area contributed by atoms with Crippen LogP contribution in [0, 0.1) is 5.82 Å². The summed E-state index contributed by atoms with van der Waals surface area (Å²) in [7, 11) is 0. The number of nitrogens with zero attached hydrogens (tertiary/aromatic N) is 1. The molecular formula is C15H11Br2FN2O. The van der Waals surface area contributed by atoms with Gasteiger partial charge in [-0.1, -0.05) is 44.0 Å². The lowest BCUT2D eigenvalue weighted by molar-refractivity contribution is -0.119. The highest BCUT2D eigenvalue weighted by atomic mass is 79.9. The molecule has 1 atom stereocenters. The van der Waals surface area contributed by atoms with E-state index >= 15 is 0 Å². The Morgan fingerprint density at radius 1 is 1.19 bits per heavy atom. The van der Waals surface area contributed by atoms with E-state index in [1.165, 1.54) is 12.1 Å². The predicted octanol–water partition coefficient (Wildman–Crippen LogP) is 3.90. The van der Waals surface area contributed by atoms with Crippen LogP contribution >= 0.6 is 31.9 Å². The molecule has 0 fully saturated rings. The van der Waals surface area contributed by atoms with Gasteiger partial charge in [0.2, 0.25) is 5.91 Å². The topological polar surface area (TPSA) is 46.3 Å². The van der Waals surface area contributed by atoms with Crippen LogP contribution in [0.15, 0.2) is 45.3 Å². The Bertz CT molecular complexity index is 736. The first-order chi connectivity index (χ1) is 9.97. The second-order valence-electron chi connectivity index (χ2n) is 4.84. The van der Waals surface area contributed by atoms with Gasteiger partial charge in [0.15, 0.2) is 0 Å². The maximum atomic E-state index is 13.2. The molecule has 0 aliphatic carbocycles. The van der Waals surface area contributed by atoms with E-state index in [0.717, 1.165) is 21.3 Å². The Balaban J connectivity index is 2.00. The number of nitrogens with two attached hydrogens (primary N) is 1. The fraction of sp³-hybridized carbons (Fsp3) is 0.133. The van der Waals surface area contributed by atoms with E-state index < -0.39 is 6.04 Å². The summed E-state index contributed by atoms with van der Waals surface area (Å²) in [4.78, 5) is 14.0. The quantitative estimate of drug-likeness (QED) is 0.811. The monoisotopic (exact) mass is 412 g/mol. The van der Waals surface area contributed by atoms with Crippen LogP contribution in [0.1, 0.15) is 17.2 Å². The van der Waals surface area contributed by atoms with E-state index in [9.17, 15) is 9.18 Å². The van der Waals surface area contributed by atoms with E-state index in [1.807, 2.05) is 18.2 Å². The first-order valence-corrected chi connectivity index (χ1v) is 7.86. The lowest BCUT2D eigenvalue weighted by Gasteiger charge is -2.19. The average molecular weight is 414 g/mol. The maximum absolute atomic E-state index is 13.2. The van der Waals surface area contributed by atoms with Gasteiger partial charge in [0.1, 0.15) is 11.9 Å². The largest absolute Gasteiger partial charge is 0.316 e. The Morgan fingerprint density at radius 2 is 1.95 bits per heavy atom. The third-order valence-corrected chi connectivity index (χ3v) is 4.73. The van der Waals surface area contributed by atoms with Crippen molar-refractivity contribution in [3.63, 3.8) is 0 Å². The lowest BCUT2D eigenvalue weighted by atomic mass is 10.1. The molecule has 2 aromatic carbocycles.